The largest absolute Gasteiger partial charge is 0.486 e. The Morgan fingerprint density at radius 2 is 1.78 bits per heavy atom. The Hall–Kier alpha value is -4.07. The van der Waals surface area contributed by atoms with E-state index >= 15 is 0 Å². The van der Waals surface area contributed by atoms with Crippen molar-refractivity contribution in [2.75, 3.05) is 19.8 Å². The van der Waals surface area contributed by atoms with Crippen molar-refractivity contribution in [3.8, 4) is 17.2 Å². The van der Waals surface area contributed by atoms with Gasteiger partial charge >= 0.3 is 6.03 Å². The predicted octanol–water partition coefficient (Wildman–Crippen LogP) is 4.22. The second kappa shape index (κ2) is 8.80. The second-order valence-corrected chi connectivity index (χ2v) is 9.96. The van der Waals surface area contributed by atoms with Gasteiger partial charge in [0.05, 0.1) is 6.54 Å². The SMILES string of the molecule is Cc1cc(C(=O)CN2C(=O)N[C@]3(CCCCc4ccccc43)C2=O)c(C)n1-c1ccc2c(c1)OCCO2. The number of hydrogen-bond donors (Lipinski definition) is 1. The van der Waals surface area contributed by atoms with Gasteiger partial charge in [-0.15, -0.1) is 0 Å². The molecule has 2 aliphatic heterocycles. The van der Waals surface area contributed by atoms with Crippen LogP contribution < -0.4 is 14.8 Å². The van der Waals surface area contributed by atoms with Crippen LogP contribution in [0.4, 0.5) is 4.79 Å². The van der Waals surface area contributed by atoms with E-state index in [2.05, 4.69) is 5.32 Å². The highest BCUT2D eigenvalue weighted by molar-refractivity contribution is 6.11. The van der Waals surface area contributed by atoms with E-state index in [0.29, 0.717) is 36.7 Å². The minimum atomic E-state index is -1.10. The first-order chi connectivity index (χ1) is 17.9. The zero-order chi connectivity index (χ0) is 25.7. The first-order valence-electron chi connectivity index (χ1n) is 12.7. The Morgan fingerprint density at radius 1 is 1.00 bits per heavy atom. The topological polar surface area (TPSA) is 89.9 Å². The fourth-order valence-corrected chi connectivity index (χ4v) is 5.96. The summed E-state index contributed by atoms with van der Waals surface area (Å²) in [5, 5.41) is 2.96. The number of Topliss-reactive ketones (excluding diaryl/α,β-unsaturated/α-hetero) is 1. The molecule has 1 spiro atoms. The Morgan fingerprint density at radius 3 is 2.62 bits per heavy atom. The fraction of sp³-hybridized carbons (Fsp3) is 0.345. The number of rotatable bonds is 4. The lowest BCUT2D eigenvalue weighted by Crippen LogP contribution is -2.44. The van der Waals surface area contributed by atoms with Crippen LogP contribution in [-0.2, 0) is 16.8 Å². The summed E-state index contributed by atoms with van der Waals surface area (Å²) in [4.78, 5) is 41.4. The third-order valence-electron chi connectivity index (χ3n) is 7.72. The van der Waals surface area contributed by atoms with E-state index in [0.717, 1.165) is 52.4 Å². The van der Waals surface area contributed by atoms with Crippen molar-refractivity contribution in [2.45, 2.75) is 45.1 Å². The molecule has 3 aliphatic rings. The molecule has 3 heterocycles. The summed E-state index contributed by atoms with van der Waals surface area (Å²) in [6.07, 6.45) is 3.16. The molecule has 8 heteroatoms. The van der Waals surface area contributed by atoms with Crippen LogP contribution in [0.2, 0.25) is 0 Å². The van der Waals surface area contributed by atoms with Gasteiger partial charge in [-0.2, -0.15) is 0 Å². The van der Waals surface area contributed by atoms with Gasteiger partial charge in [-0.3, -0.25) is 14.5 Å². The number of ether oxygens (including phenoxy) is 2. The van der Waals surface area contributed by atoms with Crippen molar-refractivity contribution < 1.29 is 23.9 Å². The molecule has 3 amide bonds. The van der Waals surface area contributed by atoms with Gasteiger partial charge < -0.3 is 19.4 Å². The monoisotopic (exact) mass is 499 g/mol. The number of carbonyl (C=O) groups is 3. The van der Waals surface area contributed by atoms with Gasteiger partial charge in [0.25, 0.3) is 5.91 Å². The van der Waals surface area contributed by atoms with Gasteiger partial charge in [0.1, 0.15) is 18.8 Å². The second-order valence-electron chi connectivity index (χ2n) is 9.96. The number of amides is 3. The van der Waals surface area contributed by atoms with Crippen molar-refractivity contribution >= 4 is 17.7 Å². The number of carbonyl (C=O) groups excluding carboxylic acids is 3. The molecule has 1 fully saturated rings. The molecule has 2 aromatic carbocycles. The van der Waals surface area contributed by atoms with Gasteiger partial charge in [-0.25, -0.2) is 4.79 Å². The lowest BCUT2D eigenvalue weighted by Gasteiger charge is -2.27. The quantitative estimate of drug-likeness (QED) is 0.429. The van der Waals surface area contributed by atoms with Crippen LogP contribution in [0.5, 0.6) is 11.5 Å². The molecule has 0 unspecified atom stereocenters. The third-order valence-corrected chi connectivity index (χ3v) is 7.72. The molecule has 3 aromatic rings. The molecule has 0 saturated carbocycles. The van der Waals surface area contributed by atoms with Crippen molar-refractivity contribution in [2.24, 2.45) is 0 Å². The van der Waals surface area contributed by atoms with E-state index in [4.69, 9.17) is 9.47 Å². The van der Waals surface area contributed by atoms with Gasteiger partial charge in [0.2, 0.25) is 0 Å². The number of ketones is 1. The predicted molar refractivity (Wildman–Crippen MR) is 136 cm³/mol. The Labute approximate surface area is 215 Å². The summed E-state index contributed by atoms with van der Waals surface area (Å²) in [5.74, 6) is 0.735. The number of fused-ring (bicyclic) bond motifs is 3. The zero-order valence-electron chi connectivity index (χ0n) is 21.0. The highest BCUT2D eigenvalue weighted by Gasteiger charge is 2.53. The molecule has 190 valence electrons. The molecule has 0 bridgehead atoms. The van der Waals surface area contributed by atoms with Gasteiger partial charge in [-0.1, -0.05) is 24.3 Å². The molecule has 1 N–H and O–H groups in total. The molecule has 1 aliphatic carbocycles. The standard InChI is InChI=1S/C29H29N3O5/c1-18-15-22(19(2)32(18)21-10-11-25-26(16-21)37-14-13-36-25)24(33)17-31-27(34)29(30-28(31)35)12-6-5-8-20-7-3-4-9-23(20)29/h3-4,7,9-11,15-16H,5-6,8,12-14,17H2,1-2H3,(H,30,35)/t29-/m0/s1. The average Bonchev–Trinajstić information content (AvgIpc) is 3.24. The van der Waals surface area contributed by atoms with E-state index in [1.165, 1.54) is 0 Å². The maximum absolute atomic E-state index is 13.7. The number of hydrogen-bond acceptors (Lipinski definition) is 5. The van der Waals surface area contributed by atoms with Crippen molar-refractivity contribution in [3.63, 3.8) is 0 Å². The number of nitrogens with zero attached hydrogens (tertiary/aromatic N) is 2. The highest BCUT2D eigenvalue weighted by Crippen LogP contribution is 2.39. The van der Waals surface area contributed by atoms with E-state index in [-0.39, 0.29) is 18.2 Å². The highest BCUT2D eigenvalue weighted by atomic mass is 16.6. The van der Waals surface area contributed by atoms with Gasteiger partial charge in [0.15, 0.2) is 17.3 Å². The van der Waals surface area contributed by atoms with Gasteiger partial charge in [0, 0.05) is 28.7 Å². The van der Waals surface area contributed by atoms with Crippen LogP contribution in [-0.4, -0.2) is 46.9 Å². The molecule has 0 radical (unpaired) electrons. The third kappa shape index (κ3) is 3.70. The number of urea groups is 1. The van der Waals surface area contributed by atoms with E-state index in [1.807, 2.05) is 66.9 Å². The minimum absolute atomic E-state index is 0.278. The molecular formula is C29H29N3O5. The normalized spacial score (nSPS) is 20.5. The van der Waals surface area contributed by atoms with E-state index in [9.17, 15) is 14.4 Å². The van der Waals surface area contributed by atoms with Crippen molar-refractivity contribution in [1.82, 2.24) is 14.8 Å². The Bertz CT molecular complexity index is 1440. The average molecular weight is 500 g/mol. The van der Waals surface area contributed by atoms with E-state index in [1.54, 1.807) is 0 Å². The summed E-state index contributed by atoms with van der Waals surface area (Å²) in [6.45, 7) is 4.49. The molecule has 6 rings (SSSR count). The van der Waals surface area contributed by atoms with Crippen LogP contribution in [0, 0.1) is 13.8 Å². The fourth-order valence-electron chi connectivity index (χ4n) is 5.96. The first-order valence-corrected chi connectivity index (χ1v) is 12.7. The molecule has 37 heavy (non-hydrogen) atoms. The van der Waals surface area contributed by atoms with Crippen LogP contribution in [0.25, 0.3) is 5.69 Å². The molecule has 1 atom stereocenters. The lowest BCUT2D eigenvalue weighted by molar-refractivity contribution is -0.131. The summed E-state index contributed by atoms with van der Waals surface area (Å²) in [6, 6.07) is 14.8. The number of aryl methyl sites for hydroxylation is 2. The number of nitrogens with one attached hydrogen (secondary N) is 1. The summed E-state index contributed by atoms with van der Waals surface area (Å²) in [5.41, 5.74) is 3.75. The smallest absolute Gasteiger partial charge is 0.325 e. The zero-order valence-corrected chi connectivity index (χ0v) is 21.0. The van der Waals surface area contributed by atoms with Crippen LogP contribution in [0.15, 0.2) is 48.5 Å². The number of benzene rings is 2. The van der Waals surface area contributed by atoms with Crippen LogP contribution >= 0.6 is 0 Å². The summed E-state index contributed by atoms with van der Waals surface area (Å²) >= 11 is 0. The molecular weight excluding hydrogens is 470 g/mol. The first kappa shape index (κ1) is 23.3. The maximum Gasteiger partial charge on any atom is 0.325 e. The molecule has 8 nitrogen and oxygen atoms in total. The maximum atomic E-state index is 13.7. The number of aromatic nitrogens is 1. The van der Waals surface area contributed by atoms with Crippen molar-refractivity contribution in [3.05, 3.63) is 76.6 Å². The Kier molecular flexibility index (Phi) is 5.55. The molecule has 1 aromatic heterocycles. The van der Waals surface area contributed by atoms with Crippen LogP contribution in [0.3, 0.4) is 0 Å². The summed E-state index contributed by atoms with van der Waals surface area (Å²) in [7, 11) is 0. The van der Waals surface area contributed by atoms with Crippen molar-refractivity contribution in [1.29, 1.82) is 0 Å². The lowest BCUT2D eigenvalue weighted by atomic mass is 9.84. The van der Waals surface area contributed by atoms with E-state index < -0.39 is 11.6 Å². The Balaban J connectivity index is 1.29. The minimum Gasteiger partial charge on any atom is -0.486 e. The van der Waals surface area contributed by atoms with Crippen LogP contribution in [0.1, 0.15) is 52.1 Å². The number of imide groups is 1. The van der Waals surface area contributed by atoms with Gasteiger partial charge in [-0.05, 0) is 68.9 Å². The molecule has 1 saturated heterocycles. The summed E-state index contributed by atoms with van der Waals surface area (Å²) < 4.78 is 13.3.